The highest BCUT2D eigenvalue weighted by Crippen LogP contribution is 2.36. The lowest BCUT2D eigenvalue weighted by molar-refractivity contribution is -0.131. The molecule has 20 heavy (non-hydrogen) atoms. The first kappa shape index (κ1) is 13.4. The van der Waals surface area contributed by atoms with Gasteiger partial charge in [-0.15, -0.1) is 0 Å². The van der Waals surface area contributed by atoms with Crippen LogP contribution in [0.2, 0.25) is 0 Å². The van der Waals surface area contributed by atoms with Crippen molar-refractivity contribution in [3.05, 3.63) is 29.8 Å². The summed E-state index contributed by atoms with van der Waals surface area (Å²) in [7, 11) is 0. The standard InChI is InChI=1S/C15H20N2O3/c1-11(18)16-6-8-17(9-7-16)15-12-4-2-3-5-14(12)20-10-13(15)19/h2-5,13,15,19H,6-10H2,1H3. The molecule has 5 nitrogen and oxygen atoms in total. The number of aliphatic hydroxyl groups excluding tert-OH is 1. The van der Waals surface area contributed by atoms with Gasteiger partial charge in [0.2, 0.25) is 5.91 Å². The van der Waals surface area contributed by atoms with E-state index in [1.807, 2.05) is 29.2 Å². The van der Waals surface area contributed by atoms with Gasteiger partial charge in [-0.25, -0.2) is 0 Å². The van der Waals surface area contributed by atoms with E-state index in [2.05, 4.69) is 4.90 Å². The van der Waals surface area contributed by atoms with E-state index in [0.29, 0.717) is 6.61 Å². The van der Waals surface area contributed by atoms with Crippen molar-refractivity contribution in [1.82, 2.24) is 9.80 Å². The molecule has 5 heteroatoms. The zero-order valence-corrected chi connectivity index (χ0v) is 11.7. The van der Waals surface area contributed by atoms with E-state index >= 15 is 0 Å². The van der Waals surface area contributed by atoms with E-state index in [1.54, 1.807) is 6.92 Å². The normalized spacial score (nSPS) is 26.8. The van der Waals surface area contributed by atoms with Crippen molar-refractivity contribution < 1.29 is 14.6 Å². The number of hydrogen-bond acceptors (Lipinski definition) is 4. The number of para-hydroxylation sites is 1. The Bertz CT molecular complexity index is 498. The minimum atomic E-state index is -0.520. The van der Waals surface area contributed by atoms with Gasteiger partial charge in [-0.3, -0.25) is 9.69 Å². The summed E-state index contributed by atoms with van der Waals surface area (Å²) in [5.41, 5.74) is 1.04. The number of carbonyl (C=O) groups is 1. The molecule has 1 fully saturated rings. The average Bonchev–Trinajstić information content (AvgIpc) is 2.47. The van der Waals surface area contributed by atoms with Crippen LogP contribution in [0.4, 0.5) is 0 Å². The molecule has 0 spiro atoms. The fourth-order valence-electron chi connectivity index (χ4n) is 3.08. The first-order chi connectivity index (χ1) is 9.66. The number of aliphatic hydroxyl groups is 1. The van der Waals surface area contributed by atoms with Gasteiger partial charge in [0.25, 0.3) is 0 Å². The molecule has 2 aliphatic rings. The number of nitrogens with zero attached hydrogens (tertiary/aromatic N) is 2. The molecule has 1 aromatic carbocycles. The summed E-state index contributed by atoms with van der Waals surface area (Å²) in [6.07, 6.45) is -0.520. The number of benzene rings is 1. The van der Waals surface area contributed by atoms with Crippen LogP contribution in [-0.4, -0.2) is 59.7 Å². The molecule has 3 rings (SSSR count). The van der Waals surface area contributed by atoms with Gasteiger partial charge in [0.15, 0.2) is 0 Å². The molecular weight excluding hydrogens is 256 g/mol. The molecule has 1 saturated heterocycles. The molecule has 0 bridgehead atoms. The van der Waals surface area contributed by atoms with E-state index in [4.69, 9.17) is 4.74 Å². The van der Waals surface area contributed by atoms with Gasteiger partial charge in [-0.1, -0.05) is 18.2 Å². The van der Waals surface area contributed by atoms with Crippen LogP contribution in [0.15, 0.2) is 24.3 Å². The summed E-state index contributed by atoms with van der Waals surface area (Å²) in [5.74, 6) is 0.981. The van der Waals surface area contributed by atoms with E-state index in [1.165, 1.54) is 0 Å². The smallest absolute Gasteiger partial charge is 0.219 e. The molecule has 1 aromatic rings. The molecule has 1 amide bonds. The van der Waals surface area contributed by atoms with Gasteiger partial charge in [0.1, 0.15) is 18.5 Å². The SMILES string of the molecule is CC(=O)N1CCN(C2c3ccccc3OCC2O)CC1. The topological polar surface area (TPSA) is 53.0 Å². The largest absolute Gasteiger partial charge is 0.490 e. The summed E-state index contributed by atoms with van der Waals surface area (Å²) in [6, 6.07) is 7.84. The summed E-state index contributed by atoms with van der Waals surface area (Å²) in [5, 5.41) is 10.3. The highest BCUT2D eigenvalue weighted by molar-refractivity contribution is 5.73. The van der Waals surface area contributed by atoms with Gasteiger partial charge in [0, 0.05) is 38.7 Å². The monoisotopic (exact) mass is 276 g/mol. The maximum Gasteiger partial charge on any atom is 0.219 e. The van der Waals surface area contributed by atoms with Gasteiger partial charge >= 0.3 is 0 Å². The van der Waals surface area contributed by atoms with Crippen molar-refractivity contribution in [2.75, 3.05) is 32.8 Å². The molecule has 2 aliphatic heterocycles. The van der Waals surface area contributed by atoms with Gasteiger partial charge < -0.3 is 14.7 Å². The lowest BCUT2D eigenvalue weighted by atomic mass is 9.96. The van der Waals surface area contributed by atoms with E-state index in [-0.39, 0.29) is 11.9 Å². The van der Waals surface area contributed by atoms with Crippen molar-refractivity contribution in [3.8, 4) is 5.75 Å². The molecule has 0 radical (unpaired) electrons. The number of ether oxygens (including phenoxy) is 1. The Morgan fingerprint density at radius 2 is 1.95 bits per heavy atom. The Kier molecular flexibility index (Phi) is 3.63. The fourth-order valence-corrected chi connectivity index (χ4v) is 3.08. The zero-order chi connectivity index (χ0) is 14.1. The van der Waals surface area contributed by atoms with Gasteiger partial charge in [0.05, 0.1) is 6.04 Å². The van der Waals surface area contributed by atoms with Crippen LogP contribution in [0.25, 0.3) is 0 Å². The Hall–Kier alpha value is -1.59. The van der Waals surface area contributed by atoms with Crippen LogP contribution in [0.1, 0.15) is 18.5 Å². The first-order valence-electron chi connectivity index (χ1n) is 7.06. The number of piperazine rings is 1. The van der Waals surface area contributed by atoms with Crippen molar-refractivity contribution >= 4 is 5.91 Å². The lowest BCUT2D eigenvalue weighted by Crippen LogP contribution is -2.52. The summed E-state index contributed by atoms with van der Waals surface area (Å²) in [4.78, 5) is 15.5. The number of rotatable bonds is 1. The minimum Gasteiger partial charge on any atom is -0.490 e. The number of amides is 1. The molecule has 0 saturated carbocycles. The molecular formula is C15H20N2O3. The number of hydrogen-bond donors (Lipinski definition) is 1. The third-order valence-electron chi connectivity index (χ3n) is 4.16. The van der Waals surface area contributed by atoms with Crippen LogP contribution in [-0.2, 0) is 4.79 Å². The van der Waals surface area contributed by atoms with E-state index < -0.39 is 6.10 Å². The molecule has 1 N–H and O–H groups in total. The second-order valence-electron chi connectivity index (χ2n) is 5.40. The van der Waals surface area contributed by atoms with Crippen molar-refractivity contribution in [3.63, 3.8) is 0 Å². The number of carbonyl (C=O) groups excluding carboxylic acids is 1. The molecule has 0 aliphatic carbocycles. The minimum absolute atomic E-state index is 0.0333. The fraction of sp³-hybridized carbons (Fsp3) is 0.533. The van der Waals surface area contributed by atoms with Crippen molar-refractivity contribution in [2.45, 2.75) is 19.1 Å². The van der Waals surface area contributed by atoms with Crippen LogP contribution < -0.4 is 4.74 Å². The van der Waals surface area contributed by atoms with Crippen LogP contribution in [0, 0.1) is 0 Å². The zero-order valence-electron chi connectivity index (χ0n) is 11.7. The third-order valence-corrected chi connectivity index (χ3v) is 4.16. The van der Waals surface area contributed by atoms with Crippen LogP contribution >= 0.6 is 0 Å². The van der Waals surface area contributed by atoms with Gasteiger partial charge in [-0.2, -0.15) is 0 Å². The summed E-state index contributed by atoms with van der Waals surface area (Å²) >= 11 is 0. The maximum atomic E-state index is 11.4. The molecule has 2 heterocycles. The maximum absolute atomic E-state index is 11.4. The Labute approximate surface area is 118 Å². The lowest BCUT2D eigenvalue weighted by Gasteiger charge is -2.43. The van der Waals surface area contributed by atoms with Crippen LogP contribution in [0.3, 0.4) is 0 Å². The molecule has 108 valence electrons. The van der Waals surface area contributed by atoms with E-state index in [0.717, 1.165) is 37.5 Å². The average molecular weight is 276 g/mol. The third kappa shape index (κ3) is 2.39. The summed E-state index contributed by atoms with van der Waals surface area (Å²) in [6.45, 7) is 4.96. The molecule has 2 unspecified atom stereocenters. The molecule has 0 aromatic heterocycles. The van der Waals surface area contributed by atoms with Crippen molar-refractivity contribution in [2.24, 2.45) is 0 Å². The van der Waals surface area contributed by atoms with Crippen LogP contribution in [0.5, 0.6) is 5.75 Å². The second kappa shape index (κ2) is 5.42. The Morgan fingerprint density at radius 3 is 2.65 bits per heavy atom. The first-order valence-corrected chi connectivity index (χ1v) is 7.06. The van der Waals surface area contributed by atoms with E-state index in [9.17, 15) is 9.90 Å². The highest BCUT2D eigenvalue weighted by Gasteiger charge is 2.35. The quantitative estimate of drug-likeness (QED) is 0.818. The van der Waals surface area contributed by atoms with Gasteiger partial charge in [-0.05, 0) is 6.07 Å². The Balaban J connectivity index is 1.79. The highest BCUT2D eigenvalue weighted by atomic mass is 16.5. The second-order valence-corrected chi connectivity index (χ2v) is 5.40. The number of fused-ring (bicyclic) bond motifs is 1. The predicted molar refractivity (Wildman–Crippen MR) is 74.5 cm³/mol. The predicted octanol–water partition coefficient (Wildman–Crippen LogP) is 0.645. The Morgan fingerprint density at radius 1 is 1.25 bits per heavy atom. The van der Waals surface area contributed by atoms with Crippen molar-refractivity contribution in [1.29, 1.82) is 0 Å². The molecule has 2 atom stereocenters. The summed E-state index contributed by atoms with van der Waals surface area (Å²) < 4.78 is 5.57.